The van der Waals surface area contributed by atoms with Crippen molar-refractivity contribution in [3.8, 4) is 0 Å². The number of hydrogen-bond acceptors (Lipinski definition) is 2. The van der Waals surface area contributed by atoms with E-state index in [9.17, 15) is 0 Å². The van der Waals surface area contributed by atoms with Crippen LogP contribution in [0.2, 0.25) is 0 Å². The van der Waals surface area contributed by atoms with Crippen molar-refractivity contribution < 1.29 is 0 Å². The molecule has 0 aromatic heterocycles. The number of benzene rings is 1. The molecule has 3 aliphatic rings. The van der Waals surface area contributed by atoms with Gasteiger partial charge in [0, 0.05) is 6.04 Å². The minimum absolute atomic E-state index is 0.761. The van der Waals surface area contributed by atoms with Crippen LogP contribution >= 0.6 is 0 Å². The average Bonchev–Trinajstić information content (AvgIpc) is 3.31. The minimum Gasteiger partial charge on any atom is -0.316 e. The van der Waals surface area contributed by atoms with Gasteiger partial charge in [-0.3, -0.25) is 0 Å². The van der Waals surface area contributed by atoms with Crippen LogP contribution in [0.15, 0.2) is 30.3 Å². The number of rotatable bonds is 4. The second-order valence-electron chi connectivity index (χ2n) is 7.95. The van der Waals surface area contributed by atoms with Crippen molar-refractivity contribution in [1.29, 1.82) is 0 Å². The molecule has 4 atom stereocenters. The maximum Gasteiger partial charge on any atom is 0.0129 e. The second kappa shape index (κ2) is 7.36. The van der Waals surface area contributed by atoms with Crippen LogP contribution in [0.4, 0.5) is 0 Å². The second-order valence-corrected chi connectivity index (χ2v) is 7.95. The lowest BCUT2D eigenvalue weighted by molar-refractivity contribution is 0.0949. The molecular weight excluding hydrogens is 280 g/mol. The van der Waals surface area contributed by atoms with Crippen LogP contribution in [0.25, 0.3) is 0 Å². The molecule has 23 heavy (non-hydrogen) atoms. The third-order valence-corrected chi connectivity index (χ3v) is 6.64. The topological polar surface area (TPSA) is 15.3 Å². The van der Waals surface area contributed by atoms with Crippen molar-refractivity contribution >= 4 is 0 Å². The number of likely N-dealkylation sites (tertiary alicyclic amines) is 1. The lowest BCUT2D eigenvalue weighted by atomic mass is 9.68. The highest BCUT2D eigenvalue weighted by molar-refractivity contribution is 5.23. The molecule has 1 aromatic carbocycles. The summed E-state index contributed by atoms with van der Waals surface area (Å²) >= 11 is 0. The van der Waals surface area contributed by atoms with Gasteiger partial charge in [-0.05, 0) is 81.6 Å². The van der Waals surface area contributed by atoms with Crippen molar-refractivity contribution in [3.05, 3.63) is 35.9 Å². The molecule has 1 aliphatic carbocycles. The van der Waals surface area contributed by atoms with Gasteiger partial charge in [0.05, 0.1) is 0 Å². The highest BCUT2D eigenvalue weighted by Gasteiger charge is 2.40. The van der Waals surface area contributed by atoms with Gasteiger partial charge in [0.2, 0.25) is 0 Å². The number of nitrogens with one attached hydrogen (secondary N) is 1. The zero-order chi connectivity index (χ0) is 15.5. The smallest absolute Gasteiger partial charge is 0.0129 e. The van der Waals surface area contributed by atoms with Crippen LogP contribution in [0.3, 0.4) is 0 Å². The summed E-state index contributed by atoms with van der Waals surface area (Å²) in [5.41, 5.74) is 1.61. The first-order valence-corrected chi connectivity index (χ1v) is 9.93. The quantitative estimate of drug-likeness (QED) is 0.903. The highest BCUT2D eigenvalue weighted by atomic mass is 15.2. The fourth-order valence-corrected chi connectivity index (χ4v) is 5.61. The van der Waals surface area contributed by atoms with E-state index in [1.54, 1.807) is 5.56 Å². The van der Waals surface area contributed by atoms with E-state index in [-0.39, 0.29) is 0 Å². The predicted octanol–water partition coefficient (Wildman–Crippen LogP) is 4.03. The van der Waals surface area contributed by atoms with Gasteiger partial charge in [-0.15, -0.1) is 0 Å². The van der Waals surface area contributed by atoms with E-state index in [1.165, 1.54) is 71.1 Å². The maximum absolute atomic E-state index is 3.63. The van der Waals surface area contributed by atoms with E-state index in [4.69, 9.17) is 0 Å². The summed E-state index contributed by atoms with van der Waals surface area (Å²) < 4.78 is 0. The van der Waals surface area contributed by atoms with E-state index in [0.29, 0.717) is 0 Å². The van der Waals surface area contributed by atoms with Crippen molar-refractivity contribution in [3.63, 3.8) is 0 Å². The van der Waals surface area contributed by atoms with Gasteiger partial charge < -0.3 is 10.2 Å². The van der Waals surface area contributed by atoms with Gasteiger partial charge in [0.1, 0.15) is 0 Å². The highest BCUT2D eigenvalue weighted by Crippen LogP contribution is 2.44. The largest absolute Gasteiger partial charge is 0.316 e. The van der Waals surface area contributed by atoms with Crippen molar-refractivity contribution in [2.24, 2.45) is 11.8 Å². The molecule has 0 spiro atoms. The molecule has 0 bridgehead atoms. The first-order chi connectivity index (χ1) is 11.4. The average molecular weight is 313 g/mol. The van der Waals surface area contributed by atoms with Crippen molar-refractivity contribution in [2.75, 3.05) is 26.2 Å². The van der Waals surface area contributed by atoms with E-state index in [1.807, 2.05) is 0 Å². The monoisotopic (exact) mass is 312 g/mol. The first-order valence-electron chi connectivity index (χ1n) is 9.93. The fourth-order valence-electron chi connectivity index (χ4n) is 5.61. The zero-order valence-corrected chi connectivity index (χ0v) is 14.4. The minimum atomic E-state index is 0.761. The van der Waals surface area contributed by atoms with Crippen LogP contribution in [0.1, 0.15) is 56.4 Å². The van der Waals surface area contributed by atoms with Gasteiger partial charge in [-0.25, -0.2) is 0 Å². The molecule has 4 rings (SSSR count). The summed E-state index contributed by atoms with van der Waals surface area (Å²) in [5, 5.41) is 3.63. The van der Waals surface area contributed by atoms with Gasteiger partial charge in [0.25, 0.3) is 0 Å². The van der Waals surface area contributed by atoms with Crippen LogP contribution in [-0.2, 0) is 0 Å². The molecular formula is C21H32N2. The Morgan fingerprint density at radius 3 is 2.43 bits per heavy atom. The number of hydrogen-bond donors (Lipinski definition) is 1. The molecule has 2 nitrogen and oxygen atoms in total. The third kappa shape index (κ3) is 3.34. The Hall–Kier alpha value is -0.860. The molecule has 0 amide bonds. The Bertz CT molecular complexity index is 474. The lowest BCUT2D eigenvalue weighted by Crippen LogP contribution is -2.44. The zero-order valence-electron chi connectivity index (χ0n) is 14.4. The standard InChI is InChI=1S/C21H32N2/c1-2-8-17(9-3-1)21(18-12-13-22-16-18)19-10-4-5-11-20(19)23-14-6-7-15-23/h1-3,8-9,18-22H,4-7,10-16H2. The van der Waals surface area contributed by atoms with Gasteiger partial charge in [-0.1, -0.05) is 43.2 Å². The predicted molar refractivity (Wildman–Crippen MR) is 96.7 cm³/mol. The Morgan fingerprint density at radius 2 is 1.70 bits per heavy atom. The Morgan fingerprint density at radius 1 is 0.913 bits per heavy atom. The Labute approximate surface area is 141 Å². The first kappa shape index (κ1) is 15.7. The van der Waals surface area contributed by atoms with E-state index in [0.717, 1.165) is 23.8 Å². The molecule has 2 heteroatoms. The molecule has 1 aromatic rings. The van der Waals surface area contributed by atoms with E-state index < -0.39 is 0 Å². The van der Waals surface area contributed by atoms with Gasteiger partial charge in [-0.2, -0.15) is 0 Å². The molecule has 2 heterocycles. The molecule has 4 unspecified atom stereocenters. The molecule has 126 valence electrons. The third-order valence-electron chi connectivity index (χ3n) is 6.64. The molecule has 0 radical (unpaired) electrons. The molecule has 2 aliphatic heterocycles. The normalized spacial score (nSPS) is 33.8. The summed E-state index contributed by atoms with van der Waals surface area (Å²) in [6.45, 7) is 5.15. The summed E-state index contributed by atoms with van der Waals surface area (Å²) in [4.78, 5) is 2.85. The Balaban J connectivity index is 1.62. The fraction of sp³-hybridized carbons (Fsp3) is 0.714. The summed E-state index contributed by atoms with van der Waals surface area (Å²) in [7, 11) is 0. The van der Waals surface area contributed by atoms with Crippen LogP contribution in [0.5, 0.6) is 0 Å². The summed E-state index contributed by atoms with van der Waals surface area (Å²) in [6.07, 6.45) is 9.98. The number of nitrogens with zero attached hydrogens (tertiary/aromatic N) is 1. The van der Waals surface area contributed by atoms with Crippen molar-refractivity contribution in [2.45, 2.75) is 56.9 Å². The molecule has 1 N–H and O–H groups in total. The molecule has 3 fully saturated rings. The maximum atomic E-state index is 3.63. The molecule has 1 saturated carbocycles. The lowest BCUT2D eigenvalue weighted by Gasteiger charge is -2.44. The van der Waals surface area contributed by atoms with Crippen LogP contribution in [0, 0.1) is 11.8 Å². The van der Waals surface area contributed by atoms with Gasteiger partial charge >= 0.3 is 0 Å². The summed E-state index contributed by atoms with van der Waals surface area (Å²) in [5.74, 6) is 2.47. The van der Waals surface area contributed by atoms with Gasteiger partial charge in [0.15, 0.2) is 0 Å². The van der Waals surface area contributed by atoms with Crippen LogP contribution in [-0.4, -0.2) is 37.1 Å². The van der Waals surface area contributed by atoms with Crippen molar-refractivity contribution in [1.82, 2.24) is 10.2 Å². The van der Waals surface area contributed by atoms with Crippen LogP contribution < -0.4 is 5.32 Å². The van der Waals surface area contributed by atoms with E-state index >= 15 is 0 Å². The summed E-state index contributed by atoms with van der Waals surface area (Å²) in [6, 6.07) is 12.3. The SMILES string of the molecule is c1ccc(C(C2CCNC2)C2CCCCC2N2CCCC2)cc1. The Kier molecular flexibility index (Phi) is 5.01. The molecule has 2 saturated heterocycles. The van der Waals surface area contributed by atoms with E-state index in [2.05, 4.69) is 40.5 Å².